The average molecular weight is 425 g/mol. The lowest BCUT2D eigenvalue weighted by Gasteiger charge is -2.39. The van der Waals surface area contributed by atoms with Gasteiger partial charge in [0.15, 0.2) is 0 Å². The highest BCUT2D eigenvalue weighted by Gasteiger charge is 2.27. The van der Waals surface area contributed by atoms with Crippen LogP contribution in [0.5, 0.6) is 5.75 Å². The molecule has 0 aromatic heterocycles. The predicted molar refractivity (Wildman–Crippen MR) is 126 cm³/mol. The Morgan fingerprint density at radius 3 is 2.58 bits per heavy atom. The molecule has 2 N–H and O–H groups in total. The summed E-state index contributed by atoms with van der Waals surface area (Å²) in [5.41, 5.74) is 2.50. The van der Waals surface area contributed by atoms with E-state index in [0.717, 1.165) is 50.9 Å². The average Bonchev–Trinajstić information content (AvgIpc) is 2.81. The second-order valence-corrected chi connectivity index (χ2v) is 8.60. The molecule has 1 saturated carbocycles. The van der Waals surface area contributed by atoms with Gasteiger partial charge < -0.3 is 20.1 Å². The van der Waals surface area contributed by atoms with Gasteiger partial charge in [0, 0.05) is 37.3 Å². The molecular weight excluding hydrogens is 388 g/mol. The van der Waals surface area contributed by atoms with Crippen LogP contribution in [0.15, 0.2) is 54.6 Å². The molecule has 1 aliphatic carbocycles. The van der Waals surface area contributed by atoms with Crippen molar-refractivity contribution in [3.8, 4) is 5.75 Å². The van der Waals surface area contributed by atoms with Crippen LogP contribution in [0.4, 0.5) is 5.69 Å². The lowest BCUT2D eigenvalue weighted by Crippen LogP contribution is -2.43. The molecule has 1 fully saturated rings. The Hall–Kier alpha value is -2.53. The summed E-state index contributed by atoms with van der Waals surface area (Å²) in [6.45, 7) is 4.01. The van der Waals surface area contributed by atoms with Crippen molar-refractivity contribution in [3.05, 3.63) is 60.2 Å². The number of ether oxygens (including phenoxy) is 1. The Morgan fingerprint density at radius 2 is 1.90 bits per heavy atom. The van der Waals surface area contributed by atoms with Crippen molar-refractivity contribution in [1.82, 2.24) is 5.32 Å². The third-order valence-electron chi connectivity index (χ3n) is 6.47. The minimum absolute atomic E-state index is 0.274. The molecule has 2 unspecified atom stereocenters. The van der Waals surface area contributed by atoms with E-state index >= 15 is 0 Å². The molecule has 5 nitrogen and oxygen atoms in total. The molecule has 168 valence electrons. The third-order valence-corrected chi connectivity index (χ3v) is 6.47. The van der Waals surface area contributed by atoms with E-state index in [1.165, 1.54) is 11.3 Å². The van der Waals surface area contributed by atoms with E-state index in [1.54, 1.807) is 7.11 Å². The predicted octanol–water partition coefficient (Wildman–Crippen LogP) is 5.28. The molecule has 2 aromatic rings. The van der Waals surface area contributed by atoms with Crippen molar-refractivity contribution in [2.24, 2.45) is 5.92 Å². The fourth-order valence-corrected chi connectivity index (χ4v) is 4.69. The molecule has 3 rings (SSSR count). The smallest absolute Gasteiger partial charge is 0.303 e. The number of carboxylic acid groups (broad SMARTS) is 1. The zero-order valence-corrected chi connectivity index (χ0v) is 18.8. The molecule has 31 heavy (non-hydrogen) atoms. The number of hydrogen-bond donors (Lipinski definition) is 2. The number of carboxylic acids is 1. The van der Waals surface area contributed by atoms with E-state index in [1.807, 2.05) is 18.2 Å². The second-order valence-electron chi connectivity index (χ2n) is 8.60. The molecule has 0 bridgehead atoms. The van der Waals surface area contributed by atoms with E-state index in [2.05, 4.69) is 53.5 Å². The van der Waals surface area contributed by atoms with Gasteiger partial charge in [0.05, 0.1) is 7.11 Å². The van der Waals surface area contributed by atoms with Crippen molar-refractivity contribution in [1.29, 1.82) is 0 Å². The van der Waals surface area contributed by atoms with Crippen LogP contribution in [0.25, 0.3) is 0 Å². The fourth-order valence-electron chi connectivity index (χ4n) is 4.69. The van der Waals surface area contributed by atoms with Crippen LogP contribution < -0.4 is 15.0 Å². The second kappa shape index (κ2) is 11.8. The molecule has 0 saturated heterocycles. The largest absolute Gasteiger partial charge is 0.497 e. The van der Waals surface area contributed by atoms with Crippen molar-refractivity contribution >= 4 is 11.7 Å². The van der Waals surface area contributed by atoms with Gasteiger partial charge in [-0.25, -0.2) is 0 Å². The van der Waals surface area contributed by atoms with Gasteiger partial charge >= 0.3 is 5.97 Å². The van der Waals surface area contributed by atoms with Crippen molar-refractivity contribution in [3.63, 3.8) is 0 Å². The van der Waals surface area contributed by atoms with E-state index < -0.39 is 5.97 Å². The van der Waals surface area contributed by atoms with E-state index in [0.29, 0.717) is 18.0 Å². The van der Waals surface area contributed by atoms with E-state index in [4.69, 9.17) is 9.84 Å². The standard InChI is InChI=1S/C26H36N2O3/c1-20(22-8-4-3-5-9-22)27-17-18-28(23-12-14-25(31-2)15-13-23)24-10-6-7-21(19-24)11-16-26(29)30/h3-5,8-9,12-15,20-21,24,27H,6-7,10-11,16-19H2,1-2H3,(H,29,30)/t20?,21?,24-/m1/s1. The molecule has 3 atom stereocenters. The Labute approximate surface area is 186 Å². The first-order valence-electron chi connectivity index (χ1n) is 11.5. The maximum atomic E-state index is 11.0. The molecule has 0 amide bonds. The zero-order valence-electron chi connectivity index (χ0n) is 18.8. The van der Waals surface area contributed by atoms with Gasteiger partial charge in [0.1, 0.15) is 5.75 Å². The first-order chi connectivity index (χ1) is 15.1. The number of nitrogens with zero attached hydrogens (tertiary/aromatic N) is 1. The number of rotatable bonds is 11. The molecule has 0 heterocycles. The normalized spacial score (nSPS) is 19.5. The number of aliphatic carboxylic acids is 1. The van der Waals surface area contributed by atoms with Gasteiger partial charge in [0.2, 0.25) is 0 Å². The number of methoxy groups -OCH3 is 1. The Balaban J connectivity index is 1.66. The van der Waals surface area contributed by atoms with Crippen molar-refractivity contribution in [2.75, 3.05) is 25.1 Å². The maximum Gasteiger partial charge on any atom is 0.303 e. The van der Waals surface area contributed by atoms with Crippen LogP contribution in [0.3, 0.4) is 0 Å². The first-order valence-corrected chi connectivity index (χ1v) is 11.5. The SMILES string of the molecule is COc1ccc(N(CCNC(C)c2ccccc2)[C@@H]2CCCC(CCC(=O)O)C2)cc1. The van der Waals surface area contributed by atoms with Crippen LogP contribution >= 0.6 is 0 Å². The number of hydrogen-bond acceptors (Lipinski definition) is 4. The lowest BCUT2D eigenvalue weighted by atomic mass is 9.82. The van der Waals surface area contributed by atoms with Crippen molar-refractivity contribution in [2.45, 2.75) is 57.5 Å². The molecule has 5 heteroatoms. The summed E-state index contributed by atoms with van der Waals surface area (Å²) in [5.74, 6) is 0.669. The minimum atomic E-state index is -0.687. The molecular formula is C26H36N2O3. The molecule has 0 spiro atoms. The van der Waals surface area contributed by atoms with E-state index in [-0.39, 0.29) is 6.42 Å². The van der Waals surface area contributed by atoms with Gasteiger partial charge in [-0.15, -0.1) is 0 Å². The highest BCUT2D eigenvalue weighted by Crippen LogP contribution is 2.33. The maximum absolute atomic E-state index is 11.0. The monoisotopic (exact) mass is 424 g/mol. The summed E-state index contributed by atoms with van der Waals surface area (Å²) in [7, 11) is 1.69. The van der Waals surface area contributed by atoms with Crippen molar-refractivity contribution < 1.29 is 14.6 Å². The summed E-state index contributed by atoms with van der Waals surface area (Å²) in [6.07, 6.45) is 5.58. The van der Waals surface area contributed by atoms with Crippen LogP contribution in [0.2, 0.25) is 0 Å². The van der Waals surface area contributed by atoms with Crippen LogP contribution in [0.1, 0.15) is 57.1 Å². The third kappa shape index (κ3) is 7.00. The first kappa shape index (κ1) is 23.1. The van der Waals surface area contributed by atoms with Gasteiger partial charge in [-0.1, -0.05) is 43.2 Å². The zero-order chi connectivity index (χ0) is 22.1. The highest BCUT2D eigenvalue weighted by atomic mass is 16.5. The summed E-state index contributed by atoms with van der Waals surface area (Å²) >= 11 is 0. The topological polar surface area (TPSA) is 61.8 Å². The minimum Gasteiger partial charge on any atom is -0.497 e. The van der Waals surface area contributed by atoms with Gasteiger partial charge in [0.25, 0.3) is 0 Å². The summed E-state index contributed by atoms with van der Waals surface area (Å²) in [6, 6.07) is 19.6. The summed E-state index contributed by atoms with van der Waals surface area (Å²) < 4.78 is 5.34. The van der Waals surface area contributed by atoms with Crippen LogP contribution in [-0.2, 0) is 4.79 Å². The van der Waals surface area contributed by atoms with Gasteiger partial charge in [-0.3, -0.25) is 4.79 Å². The molecule has 0 aliphatic heterocycles. The number of benzene rings is 2. The van der Waals surface area contributed by atoms with Gasteiger partial charge in [-0.05, 0) is 61.9 Å². The van der Waals surface area contributed by atoms with Crippen LogP contribution in [-0.4, -0.2) is 37.3 Å². The fraction of sp³-hybridized carbons (Fsp3) is 0.500. The molecule has 2 aromatic carbocycles. The Bertz CT molecular complexity index is 794. The quantitative estimate of drug-likeness (QED) is 0.514. The summed E-state index contributed by atoms with van der Waals surface area (Å²) in [5, 5.41) is 12.7. The molecule has 1 aliphatic rings. The van der Waals surface area contributed by atoms with E-state index in [9.17, 15) is 4.79 Å². The Kier molecular flexibility index (Phi) is 8.77. The number of carbonyl (C=O) groups is 1. The van der Waals surface area contributed by atoms with Crippen LogP contribution in [0, 0.1) is 5.92 Å². The highest BCUT2D eigenvalue weighted by molar-refractivity contribution is 5.66. The number of nitrogens with one attached hydrogen (secondary N) is 1. The Morgan fingerprint density at radius 1 is 1.16 bits per heavy atom. The molecule has 0 radical (unpaired) electrons. The lowest BCUT2D eigenvalue weighted by molar-refractivity contribution is -0.137. The summed E-state index contributed by atoms with van der Waals surface area (Å²) in [4.78, 5) is 13.5. The number of anilines is 1. The van der Waals surface area contributed by atoms with Gasteiger partial charge in [-0.2, -0.15) is 0 Å².